The molecule has 0 bridgehead atoms. The van der Waals surface area contributed by atoms with Crippen LogP contribution in [-0.2, 0) is 5.41 Å². The summed E-state index contributed by atoms with van der Waals surface area (Å²) in [4.78, 5) is 2.51. The minimum absolute atomic E-state index is 0.619. The highest BCUT2D eigenvalue weighted by atomic mass is 32.1. The first-order valence-corrected chi connectivity index (χ1v) is 23.8. The van der Waals surface area contributed by atoms with Gasteiger partial charge in [0.2, 0.25) is 0 Å². The Morgan fingerprint density at radius 2 is 0.985 bits per heavy atom. The molecule has 0 N–H and O–H groups in total. The largest absolute Gasteiger partial charge is 0.457 e. The van der Waals surface area contributed by atoms with Gasteiger partial charge >= 0.3 is 0 Å². The average Bonchev–Trinajstić information content (AvgIpc) is 3.93. The van der Waals surface area contributed by atoms with E-state index in [1.54, 1.807) is 0 Å². The Morgan fingerprint density at radius 1 is 0.388 bits per heavy atom. The lowest BCUT2D eigenvalue weighted by molar-refractivity contribution is 0.435. The van der Waals surface area contributed by atoms with Crippen LogP contribution in [-0.4, -0.2) is 4.57 Å². The van der Waals surface area contributed by atoms with Crippen LogP contribution in [0.15, 0.2) is 231 Å². The second-order valence-corrected chi connectivity index (χ2v) is 19.0. The Kier molecular flexibility index (Phi) is 7.58. The van der Waals surface area contributed by atoms with Gasteiger partial charge < -0.3 is 14.2 Å². The van der Waals surface area contributed by atoms with Crippen molar-refractivity contribution in [1.82, 2.24) is 4.57 Å². The number of benzene rings is 11. The SMILES string of the molecule is c1ccc2c(c1)Oc1ccccc1C21c2ccccc2-c2ccc(N(c3ccc4c(c3)sc3ccccc34)c3ccc4c5ccccc5n(-c5cccc6ccccc56)c4c3)c3cccc1c23. The second-order valence-electron chi connectivity index (χ2n) is 17.9. The number of hydrogen-bond acceptors (Lipinski definition) is 3. The summed E-state index contributed by atoms with van der Waals surface area (Å²) >= 11 is 1.86. The normalized spacial score (nSPS) is 13.3. The van der Waals surface area contributed by atoms with Gasteiger partial charge in [0.05, 0.1) is 27.8 Å². The van der Waals surface area contributed by atoms with Crippen molar-refractivity contribution in [3.63, 3.8) is 0 Å². The molecule has 0 radical (unpaired) electrons. The Bertz CT molecular complexity index is 4180. The third-order valence-electron chi connectivity index (χ3n) is 14.6. The molecule has 4 heteroatoms. The third-order valence-corrected chi connectivity index (χ3v) is 15.8. The molecule has 3 nitrogen and oxygen atoms in total. The van der Waals surface area contributed by atoms with Crippen LogP contribution in [0.5, 0.6) is 11.5 Å². The highest BCUT2D eigenvalue weighted by Gasteiger charge is 2.49. The summed E-state index contributed by atoms with van der Waals surface area (Å²) in [6, 6.07) is 85.2. The fourth-order valence-electron chi connectivity index (χ4n) is 11.9. The van der Waals surface area contributed by atoms with E-state index < -0.39 is 5.41 Å². The van der Waals surface area contributed by atoms with Gasteiger partial charge in [-0.05, 0) is 93.7 Å². The van der Waals surface area contributed by atoms with Gasteiger partial charge in [-0.2, -0.15) is 0 Å². The monoisotopic (exact) mass is 870 g/mol. The topological polar surface area (TPSA) is 17.4 Å². The molecule has 11 aromatic carbocycles. The van der Waals surface area contributed by atoms with Gasteiger partial charge in [0.1, 0.15) is 11.5 Å². The molecule has 2 aliphatic rings. The van der Waals surface area contributed by atoms with Crippen molar-refractivity contribution in [2.24, 2.45) is 0 Å². The lowest BCUT2D eigenvalue weighted by Gasteiger charge is -2.45. The molecule has 1 spiro atoms. The predicted molar refractivity (Wildman–Crippen MR) is 281 cm³/mol. The van der Waals surface area contributed by atoms with Gasteiger partial charge in [-0.3, -0.25) is 0 Å². The zero-order valence-electron chi connectivity index (χ0n) is 36.2. The smallest absolute Gasteiger partial charge is 0.132 e. The molecular formula is C63H38N2OS. The summed E-state index contributed by atoms with van der Waals surface area (Å²) in [6.45, 7) is 0. The molecule has 1 aliphatic carbocycles. The van der Waals surface area contributed by atoms with E-state index in [9.17, 15) is 0 Å². The first-order chi connectivity index (χ1) is 33.2. The summed E-state index contributed by atoms with van der Waals surface area (Å²) in [5, 5.41) is 9.92. The third kappa shape index (κ3) is 5.00. The van der Waals surface area contributed by atoms with Crippen LogP contribution in [0.1, 0.15) is 22.3 Å². The standard InChI is InChI=1S/C63H38N2OS/c1-2-17-42-39(15-1)16-13-27-54(42)65-55-26-9-4-19-44(55)45-33-31-40(37-57(45)65)64(41-32-34-47-46-20-5-12-30-60(46)67-61(47)38-41)56-36-35-48-43-18-3-6-22-50(43)63(53-25-14-21-49(56)62(48)53)51-23-7-10-28-58(51)66-59-29-11-8-24-52(59)63/h1-38H. The molecule has 0 atom stereocenters. The van der Waals surface area contributed by atoms with Gasteiger partial charge in [0, 0.05) is 64.2 Å². The molecule has 3 heterocycles. The fraction of sp³-hybridized carbons (Fsp3) is 0.0159. The first-order valence-electron chi connectivity index (χ1n) is 23.0. The van der Waals surface area contributed by atoms with Crippen molar-refractivity contribution in [3.8, 4) is 28.3 Å². The molecule has 13 aromatic rings. The van der Waals surface area contributed by atoms with Gasteiger partial charge in [0.15, 0.2) is 0 Å². The van der Waals surface area contributed by atoms with Crippen LogP contribution in [0.3, 0.4) is 0 Å². The summed E-state index contributed by atoms with van der Waals surface area (Å²) in [7, 11) is 0. The Balaban J connectivity index is 1.05. The van der Waals surface area contributed by atoms with Crippen molar-refractivity contribution in [1.29, 1.82) is 0 Å². The Morgan fingerprint density at radius 3 is 1.84 bits per heavy atom. The molecule has 15 rings (SSSR count). The van der Waals surface area contributed by atoms with E-state index in [0.29, 0.717) is 0 Å². The van der Waals surface area contributed by atoms with Gasteiger partial charge in [-0.25, -0.2) is 0 Å². The molecule has 312 valence electrons. The molecule has 0 amide bonds. The summed E-state index contributed by atoms with van der Waals surface area (Å²) in [6.07, 6.45) is 0. The van der Waals surface area contributed by atoms with Gasteiger partial charge in [0.25, 0.3) is 0 Å². The maximum atomic E-state index is 6.75. The maximum absolute atomic E-state index is 6.75. The molecule has 0 saturated carbocycles. The Hall–Kier alpha value is -8.44. The van der Waals surface area contributed by atoms with Crippen molar-refractivity contribution in [2.75, 3.05) is 4.90 Å². The number of rotatable bonds is 4. The average molecular weight is 871 g/mol. The van der Waals surface area contributed by atoms with Crippen molar-refractivity contribution in [3.05, 3.63) is 253 Å². The van der Waals surface area contributed by atoms with E-state index in [-0.39, 0.29) is 0 Å². The molecule has 1 aliphatic heterocycles. The zero-order chi connectivity index (χ0) is 43.8. The van der Waals surface area contributed by atoms with Gasteiger partial charge in [-0.15, -0.1) is 11.3 Å². The number of para-hydroxylation sites is 3. The lowest BCUT2D eigenvalue weighted by atomic mass is 9.58. The summed E-state index contributed by atoms with van der Waals surface area (Å²) in [5.41, 5.74) is 13.5. The maximum Gasteiger partial charge on any atom is 0.132 e. The zero-order valence-corrected chi connectivity index (χ0v) is 37.0. The molecule has 67 heavy (non-hydrogen) atoms. The number of nitrogens with zero attached hydrogens (tertiary/aromatic N) is 2. The summed E-state index contributed by atoms with van der Waals surface area (Å²) < 4.78 is 11.8. The Labute approximate surface area is 390 Å². The summed E-state index contributed by atoms with van der Waals surface area (Å²) in [5.74, 6) is 1.78. The molecule has 0 unspecified atom stereocenters. The number of hydrogen-bond donors (Lipinski definition) is 0. The van der Waals surface area contributed by atoms with E-state index in [1.807, 2.05) is 11.3 Å². The van der Waals surface area contributed by atoms with Crippen LogP contribution in [0.2, 0.25) is 0 Å². The molecule has 0 fully saturated rings. The van der Waals surface area contributed by atoms with Crippen LogP contribution >= 0.6 is 11.3 Å². The number of thiophene rings is 1. The number of fused-ring (bicyclic) bond motifs is 15. The van der Waals surface area contributed by atoms with Crippen LogP contribution in [0.25, 0.3) is 80.3 Å². The first kappa shape index (κ1) is 36.9. The highest BCUT2D eigenvalue weighted by Crippen LogP contribution is 2.62. The lowest BCUT2D eigenvalue weighted by Crippen LogP contribution is -2.36. The van der Waals surface area contributed by atoms with Crippen LogP contribution < -0.4 is 9.64 Å². The minimum atomic E-state index is -0.619. The second kappa shape index (κ2) is 13.8. The van der Waals surface area contributed by atoms with Gasteiger partial charge in [-0.1, -0.05) is 170 Å². The van der Waals surface area contributed by atoms with E-state index in [4.69, 9.17) is 4.74 Å². The van der Waals surface area contributed by atoms with E-state index in [1.165, 1.54) is 85.9 Å². The van der Waals surface area contributed by atoms with E-state index in [2.05, 4.69) is 240 Å². The van der Waals surface area contributed by atoms with Crippen LogP contribution in [0.4, 0.5) is 17.1 Å². The van der Waals surface area contributed by atoms with Crippen molar-refractivity contribution >= 4 is 91.9 Å². The van der Waals surface area contributed by atoms with Crippen molar-refractivity contribution in [2.45, 2.75) is 5.41 Å². The highest BCUT2D eigenvalue weighted by molar-refractivity contribution is 7.25. The van der Waals surface area contributed by atoms with Crippen molar-refractivity contribution < 1.29 is 4.74 Å². The van der Waals surface area contributed by atoms with Crippen LogP contribution in [0, 0.1) is 0 Å². The van der Waals surface area contributed by atoms with E-state index in [0.717, 1.165) is 45.2 Å². The molecule has 2 aromatic heterocycles. The minimum Gasteiger partial charge on any atom is -0.457 e. The number of ether oxygens (including phenoxy) is 1. The van der Waals surface area contributed by atoms with E-state index >= 15 is 0 Å². The fourth-order valence-corrected chi connectivity index (χ4v) is 13.1. The molecular weight excluding hydrogens is 833 g/mol. The number of anilines is 3. The molecule has 0 saturated heterocycles. The predicted octanol–water partition coefficient (Wildman–Crippen LogP) is 17.4. The quantitative estimate of drug-likeness (QED) is 0.175. The number of aromatic nitrogens is 1.